The summed E-state index contributed by atoms with van der Waals surface area (Å²) in [7, 11) is -3.79. The molecule has 1 N–H and O–H groups in total. The smallest absolute Gasteiger partial charge is 0.297 e. The van der Waals surface area contributed by atoms with Crippen LogP contribution in [-0.2, 0) is 19.0 Å². The molecule has 0 spiro atoms. The summed E-state index contributed by atoms with van der Waals surface area (Å²) in [5, 5.41) is 8.96. The molecule has 102 valence electrons. The quantitative estimate of drug-likeness (QED) is 0.754. The summed E-state index contributed by atoms with van der Waals surface area (Å²) in [6.45, 7) is 3.54. The van der Waals surface area contributed by atoms with Crippen LogP contribution in [0.3, 0.4) is 0 Å². The van der Waals surface area contributed by atoms with Crippen molar-refractivity contribution in [3.63, 3.8) is 0 Å². The fraction of sp³-hybridized carbons (Fsp3) is 0.500. The zero-order chi connectivity index (χ0) is 13.6. The number of hydrogen-bond acceptors (Lipinski definition) is 5. The highest BCUT2D eigenvalue weighted by Crippen LogP contribution is 2.13. The zero-order valence-electron chi connectivity index (χ0n) is 10.5. The second-order valence-corrected chi connectivity index (χ2v) is 5.43. The molecule has 1 aromatic carbocycles. The minimum absolute atomic E-state index is 0.0984. The average molecular weight is 274 g/mol. The van der Waals surface area contributed by atoms with Crippen LogP contribution in [-0.4, -0.2) is 39.4 Å². The van der Waals surface area contributed by atoms with Gasteiger partial charge < -0.3 is 9.84 Å². The van der Waals surface area contributed by atoms with E-state index in [0.29, 0.717) is 6.61 Å². The van der Waals surface area contributed by atoms with Crippen LogP contribution in [0.15, 0.2) is 29.2 Å². The van der Waals surface area contributed by atoms with Gasteiger partial charge in [-0.2, -0.15) is 8.42 Å². The van der Waals surface area contributed by atoms with Crippen molar-refractivity contribution in [1.82, 2.24) is 0 Å². The Labute approximate surface area is 107 Å². The highest BCUT2D eigenvalue weighted by atomic mass is 32.2. The number of ether oxygens (including phenoxy) is 1. The van der Waals surface area contributed by atoms with E-state index >= 15 is 0 Å². The SMILES string of the molecule is CCO[C@@H](CO)COS(=O)(=O)c1ccc(C)cc1. The molecule has 0 aromatic heterocycles. The first-order valence-corrected chi connectivity index (χ1v) is 7.09. The summed E-state index contributed by atoms with van der Waals surface area (Å²) >= 11 is 0. The molecule has 0 heterocycles. The van der Waals surface area contributed by atoms with E-state index in [9.17, 15) is 8.42 Å². The first-order chi connectivity index (χ1) is 8.49. The molecule has 0 saturated carbocycles. The fourth-order valence-electron chi connectivity index (χ4n) is 1.33. The molecule has 0 radical (unpaired) electrons. The summed E-state index contributed by atoms with van der Waals surface area (Å²) in [6.07, 6.45) is -0.629. The summed E-state index contributed by atoms with van der Waals surface area (Å²) in [5.74, 6) is 0. The molecule has 0 aliphatic carbocycles. The van der Waals surface area contributed by atoms with Crippen LogP contribution < -0.4 is 0 Å². The molecule has 18 heavy (non-hydrogen) atoms. The van der Waals surface area contributed by atoms with Crippen molar-refractivity contribution in [3.05, 3.63) is 29.8 Å². The molecule has 1 aromatic rings. The second kappa shape index (κ2) is 6.84. The van der Waals surface area contributed by atoms with Crippen LogP contribution in [0.4, 0.5) is 0 Å². The minimum Gasteiger partial charge on any atom is -0.394 e. The van der Waals surface area contributed by atoms with E-state index < -0.39 is 16.2 Å². The Hall–Kier alpha value is -0.950. The Morgan fingerprint density at radius 3 is 2.39 bits per heavy atom. The number of benzene rings is 1. The van der Waals surface area contributed by atoms with Crippen molar-refractivity contribution >= 4 is 10.1 Å². The van der Waals surface area contributed by atoms with Crippen LogP contribution in [0, 0.1) is 6.92 Å². The molecule has 5 nitrogen and oxygen atoms in total. The van der Waals surface area contributed by atoms with Gasteiger partial charge in [0.1, 0.15) is 6.10 Å². The minimum atomic E-state index is -3.79. The number of aryl methyl sites for hydroxylation is 1. The molecule has 6 heteroatoms. The van der Waals surface area contributed by atoms with Crippen molar-refractivity contribution in [1.29, 1.82) is 0 Å². The van der Waals surface area contributed by atoms with E-state index in [0.717, 1.165) is 5.56 Å². The van der Waals surface area contributed by atoms with E-state index in [1.807, 2.05) is 6.92 Å². The third-order valence-electron chi connectivity index (χ3n) is 2.32. The van der Waals surface area contributed by atoms with Gasteiger partial charge in [-0.3, -0.25) is 4.18 Å². The van der Waals surface area contributed by atoms with Gasteiger partial charge in [0.25, 0.3) is 10.1 Å². The topological polar surface area (TPSA) is 72.8 Å². The largest absolute Gasteiger partial charge is 0.394 e. The van der Waals surface area contributed by atoms with E-state index in [2.05, 4.69) is 0 Å². The summed E-state index contributed by atoms with van der Waals surface area (Å²) in [4.78, 5) is 0.0984. The van der Waals surface area contributed by atoms with Crippen LogP contribution >= 0.6 is 0 Å². The van der Waals surface area contributed by atoms with Gasteiger partial charge in [-0.1, -0.05) is 17.7 Å². The van der Waals surface area contributed by atoms with Gasteiger partial charge in [0.2, 0.25) is 0 Å². The van der Waals surface area contributed by atoms with Gasteiger partial charge in [0.05, 0.1) is 18.1 Å². The molecule has 0 aliphatic heterocycles. The number of hydrogen-bond donors (Lipinski definition) is 1. The lowest BCUT2D eigenvalue weighted by Crippen LogP contribution is -2.25. The van der Waals surface area contributed by atoms with Crippen molar-refractivity contribution < 1.29 is 22.4 Å². The van der Waals surface area contributed by atoms with E-state index in [-0.39, 0.29) is 18.1 Å². The van der Waals surface area contributed by atoms with Gasteiger partial charge >= 0.3 is 0 Å². The summed E-state index contributed by atoms with van der Waals surface area (Å²) in [5.41, 5.74) is 0.969. The van der Waals surface area contributed by atoms with Crippen LogP contribution in [0.5, 0.6) is 0 Å². The molecule has 0 aliphatic rings. The lowest BCUT2D eigenvalue weighted by Gasteiger charge is -2.14. The van der Waals surface area contributed by atoms with Gasteiger partial charge in [0, 0.05) is 6.61 Å². The predicted octanol–water partition coefficient (Wildman–Crippen LogP) is 1.10. The van der Waals surface area contributed by atoms with Gasteiger partial charge in [0.15, 0.2) is 0 Å². The molecule has 0 bridgehead atoms. The monoisotopic (exact) mass is 274 g/mol. The van der Waals surface area contributed by atoms with Gasteiger partial charge in [-0.15, -0.1) is 0 Å². The maximum Gasteiger partial charge on any atom is 0.297 e. The lowest BCUT2D eigenvalue weighted by atomic mass is 10.2. The maximum absolute atomic E-state index is 11.8. The van der Waals surface area contributed by atoms with Crippen molar-refractivity contribution in [3.8, 4) is 0 Å². The van der Waals surface area contributed by atoms with Gasteiger partial charge in [-0.05, 0) is 26.0 Å². The normalized spacial score (nSPS) is 13.5. The van der Waals surface area contributed by atoms with Crippen molar-refractivity contribution in [2.75, 3.05) is 19.8 Å². The standard InChI is InChI=1S/C12H18O5S/c1-3-16-11(8-13)9-17-18(14,15)12-6-4-10(2)5-7-12/h4-7,11,13H,3,8-9H2,1-2H3/t11-/m0/s1. The first-order valence-electron chi connectivity index (χ1n) is 5.68. The summed E-state index contributed by atoms with van der Waals surface area (Å²) < 4.78 is 33.6. The Balaban J connectivity index is 2.67. The first kappa shape index (κ1) is 15.1. The lowest BCUT2D eigenvalue weighted by molar-refractivity contribution is -0.00626. The number of aliphatic hydroxyl groups is 1. The molecule has 0 amide bonds. The third-order valence-corrected chi connectivity index (χ3v) is 3.62. The highest BCUT2D eigenvalue weighted by molar-refractivity contribution is 7.86. The fourth-order valence-corrected chi connectivity index (χ4v) is 2.26. The van der Waals surface area contributed by atoms with E-state index in [1.54, 1.807) is 19.1 Å². The average Bonchev–Trinajstić information content (AvgIpc) is 2.35. The van der Waals surface area contributed by atoms with Crippen LogP contribution in [0.2, 0.25) is 0 Å². The van der Waals surface area contributed by atoms with Gasteiger partial charge in [-0.25, -0.2) is 0 Å². The highest BCUT2D eigenvalue weighted by Gasteiger charge is 2.18. The van der Waals surface area contributed by atoms with E-state index in [4.69, 9.17) is 14.0 Å². The maximum atomic E-state index is 11.8. The molecule has 0 unspecified atom stereocenters. The molecule has 1 atom stereocenters. The second-order valence-electron chi connectivity index (χ2n) is 3.81. The van der Waals surface area contributed by atoms with E-state index in [1.165, 1.54) is 12.1 Å². The van der Waals surface area contributed by atoms with Crippen molar-refractivity contribution in [2.45, 2.75) is 24.8 Å². The Morgan fingerprint density at radius 2 is 1.89 bits per heavy atom. The number of aliphatic hydroxyl groups excluding tert-OH is 1. The zero-order valence-corrected chi connectivity index (χ0v) is 11.3. The Morgan fingerprint density at radius 1 is 1.28 bits per heavy atom. The Kier molecular flexibility index (Phi) is 5.74. The van der Waals surface area contributed by atoms with Crippen LogP contribution in [0.1, 0.15) is 12.5 Å². The predicted molar refractivity (Wildman–Crippen MR) is 66.8 cm³/mol. The molecule has 1 rings (SSSR count). The molecule has 0 fully saturated rings. The Bertz CT molecular complexity index is 452. The van der Waals surface area contributed by atoms with Crippen molar-refractivity contribution in [2.24, 2.45) is 0 Å². The van der Waals surface area contributed by atoms with Crippen LogP contribution in [0.25, 0.3) is 0 Å². The summed E-state index contributed by atoms with van der Waals surface area (Å²) in [6, 6.07) is 6.36. The molecule has 0 saturated heterocycles. The molecular weight excluding hydrogens is 256 g/mol. The molecular formula is C12H18O5S. The third kappa shape index (κ3) is 4.38. The number of rotatable bonds is 7.